The van der Waals surface area contributed by atoms with Gasteiger partial charge >= 0.3 is 0 Å². The van der Waals surface area contributed by atoms with Crippen molar-refractivity contribution in [1.82, 2.24) is 0 Å². The summed E-state index contributed by atoms with van der Waals surface area (Å²) in [4.78, 5) is 11.8. The van der Waals surface area contributed by atoms with E-state index in [0.717, 1.165) is 11.8 Å². The van der Waals surface area contributed by atoms with Crippen LogP contribution in [0.2, 0.25) is 0 Å². The van der Waals surface area contributed by atoms with Gasteiger partial charge in [-0.1, -0.05) is 0 Å². The topological polar surface area (TPSA) is 83.6 Å². The Balaban J connectivity index is 1.83. The number of primary amides is 1. The zero-order valence-electron chi connectivity index (χ0n) is 12.0. The van der Waals surface area contributed by atoms with Crippen LogP contribution in [-0.2, 0) is 0 Å². The summed E-state index contributed by atoms with van der Waals surface area (Å²) in [6.07, 6.45) is 6.10. The summed E-state index contributed by atoms with van der Waals surface area (Å²) >= 11 is 0. The molecule has 112 valence electrons. The van der Waals surface area contributed by atoms with E-state index < -0.39 is 5.91 Å². The number of hydrogen-bond acceptors (Lipinski definition) is 3. The number of phenolic OH excluding ortho intramolecular Hbond substituents is 2. The van der Waals surface area contributed by atoms with Gasteiger partial charge in [-0.15, -0.1) is 0 Å². The number of amides is 1. The van der Waals surface area contributed by atoms with Gasteiger partial charge in [-0.05, 0) is 73.8 Å². The lowest BCUT2D eigenvalue weighted by Crippen LogP contribution is -2.44. The summed E-state index contributed by atoms with van der Waals surface area (Å²) in [5, 5.41) is 20.2. The molecule has 4 aliphatic rings. The van der Waals surface area contributed by atoms with Gasteiger partial charge in [0.1, 0.15) is 0 Å². The van der Waals surface area contributed by atoms with Crippen LogP contribution >= 0.6 is 0 Å². The number of rotatable bonds is 2. The van der Waals surface area contributed by atoms with Crippen molar-refractivity contribution in [3.05, 3.63) is 23.3 Å². The lowest BCUT2D eigenvalue weighted by atomic mass is 9.50. The third-order valence-corrected chi connectivity index (χ3v) is 6.02. The second-order valence-corrected chi connectivity index (χ2v) is 7.22. The van der Waals surface area contributed by atoms with Gasteiger partial charge in [-0.3, -0.25) is 4.79 Å². The first-order chi connectivity index (χ1) is 10.0. The van der Waals surface area contributed by atoms with E-state index in [-0.39, 0.29) is 17.4 Å². The van der Waals surface area contributed by atoms with E-state index in [1.54, 1.807) is 6.07 Å². The highest BCUT2D eigenvalue weighted by Gasteiger charge is 2.50. The number of benzene rings is 1. The second-order valence-electron chi connectivity index (χ2n) is 7.22. The van der Waals surface area contributed by atoms with Crippen LogP contribution in [0.5, 0.6) is 11.5 Å². The smallest absolute Gasteiger partial charge is 0.249 e. The van der Waals surface area contributed by atoms with Crippen LogP contribution in [0, 0.1) is 23.7 Å². The lowest BCUT2D eigenvalue weighted by Gasteiger charge is -2.54. The zero-order chi connectivity index (χ0) is 14.7. The number of phenols is 2. The lowest BCUT2D eigenvalue weighted by molar-refractivity contribution is -0.00376. The Labute approximate surface area is 124 Å². The maximum atomic E-state index is 11.8. The molecule has 0 spiro atoms. The molecule has 0 radical (unpaired) electrons. The number of carbonyl (C=O) groups is 1. The Kier molecular flexibility index (Phi) is 2.72. The Bertz CT molecular complexity index is 582. The molecular weight excluding hydrogens is 266 g/mol. The fraction of sp³-hybridized carbons (Fsp3) is 0.588. The van der Waals surface area contributed by atoms with E-state index in [2.05, 4.69) is 0 Å². The molecule has 0 heterocycles. The van der Waals surface area contributed by atoms with Crippen LogP contribution in [0.25, 0.3) is 0 Å². The largest absolute Gasteiger partial charge is 0.504 e. The average molecular weight is 287 g/mol. The van der Waals surface area contributed by atoms with Crippen LogP contribution in [-0.4, -0.2) is 16.1 Å². The minimum Gasteiger partial charge on any atom is -0.504 e. The molecule has 21 heavy (non-hydrogen) atoms. The van der Waals surface area contributed by atoms with Crippen molar-refractivity contribution >= 4 is 5.91 Å². The monoisotopic (exact) mass is 287 g/mol. The highest BCUT2D eigenvalue weighted by molar-refractivity contribution is 5.95. The minimum absolute atomic E-state index is 0.135. The summed E-state index contributed by atoms with van der Waals surface area (Å²) in [5.41, 5.74) is 6.48. The first kappa shape index (κ1) is 13.0. The molecule has 1 aromatic carbocycles. The standard InChI is InChI=1S/C17H21NO3/c18-17(21)12-1-2-13(19)16(20)15(12)14-10-4-8-3-9(6-10)7-11(14)5-8/h1-2,8-11,14,19-20H,3-7H2,(H2,18,21). The molecule has 0 saturated heterocycles. The summed E-state index contributed by atoms with van der Waals surface area (Å²) in [6.45, 7) is 0. The maximum Gasteiger partial charge on any atom is 0.249 e. The summed E-state index contributed by atoms with van der Waals surface area (Å²) < 4.78 is 0. The van der Waals surface area contributed by atoms with Gasteiger partial charge in [0.05, 0.1) is 0 Å². The first-order valence-corrected chi connectivity index (χ1v) is 7.89. The quantitative estimate of drug-likeness (QED) is 0.731. The number of hydrogen-bond donors (Lipinski definition) is 3. The summed E-state index contributed by atoms with van der Waals surface area (Å²) in [5.74, 6) is 2.05. The van der Waals surface area contributed by atoms with E-state index in [1.807, 2.05) is 0 Å². The highest BCUT2D eigenvalue weighted by atomic mass is 16.3. The molecule has 4 N–H and O–H groups in total. The number of nitrogens with two attached hydrogens (primary N) is 1. The molecule has 0 unspecified atom stereocenters. The fourth-order valence-electron chi connectivity index (χ4n) is 5.55. The van der Waals surface area contributed by atoms with Gasteiger partial charge < -0.3 is 15.9 Å². The summed E-state index contributed by atoms with van der Waals surface area (Å²) in [6, 6.07) is 2.91. The van der Waals surface area contributed by atoms with Crippen molar-refractivity contribution in [1.29, 1.82) is 0 Å². The molecule has 1 aromatic rings. The third-order valence-electron chi connectivity index (χ3n) is 6.02. The fourth-order valence-corrected chi connectivity index (χ4v) is 5.55. The number of carbonyl (C=O) groups excluding carboxylic acids is 1. The molecule has 4 aliphatic carbocycles. The van der Waals surface area contributed by atoms with E-state index >= 15 is 0 Å². The Hall–Kier alpha value is -1.71. The average Bonchev–Trinajstić information content (AvgIpc) is 2.41. The molecule has 4 bridgehead atoms. The minimum atomic E-state index is -0.519. The van der Waals surface area contributed by atoms with Crippen LogP contribution < -0.4 is 5.73 Å². The Morgan fingerprint density at radius 1 is 1.00 bits per heavy atom. The van der Waals surface area contributed by atoms with Crippen LogP contribution in [0.3, 0.4) is 0 Å². The molecule has 4 fully saturated rings. The summed E-state index contributed by atoms with van der Waals surface area (Å²) in [7, 11) is 0. The number of aromatic hydroxyl groups is 2. The zero-order valence-corrected chi connectivity index (χ0v) is 12.0. The molecule has 4 nitrogen and oxygen atoms in total. The van der Waals surface area contributed by atoms with Crippen molar-refractivity contribution in [3.63, 3.8) is 0 Å². The molecule has 5 rings (SSSR count). The van der Waals surface area contributed by atoms with Gasteiger partial charge in [0.25, 0.3) is 0 Å². The molecule has 4 saturated carbocycles. The van der Waals surface area contributed by atoms with Crippen molar-refractivity contribution in [3.8, 4) is 11.5 Å². The van der Waals surface area contributed by atoms with Gasteiger partial charge in [0.2, 0.25) is 5.91 Å². The maximum absolute atomic E-state index is 11.8. The molecule has 1 amide bonds. The predicted octanol–water partition coefficient (Wildman–Crippen LogP) is 2.74. The third kappa shape index (κ3) is 1.84. The van der Waals surface area contributed by atoms with Crippen LogP contribution in [0.4, 0.5) is 0 Å². The molecule has 4 heteroatoms. The van der Waals surface area contributed by atoms with Crippen LogP contribution in [0.15, 0.2) is 12.1 Å². The Morgan fingerprint density at radius 2 is 1.57 bits per heavy atom. The van der Waals surface area contributed by atoms with Gasteiger partial charge in [-0.25, -0.2) is 0 Å². The van der Waals surface area contributed by atoms with E-state index in [0.29, 0.717) is 23.0 Å². The van der Waals surface area contributed by atoms with Crippen molar-refractivity contribution < 1.29 is 15.0 Å². The van der Waals surface area contributed by atoms with Crippen molar-refractivity contribution in [2.75, 3.05) is 0 Å². The normalized spacial score (nSPS) is 36.9. The molecule has 0 atom stereocenters. The SMILES string of the molecule is NC(=O)c1ccc(O)c(O)c1C1C2CC3CC(C2)CC1C3. The van der Waals surface area contributed by atoms with E-state index in [4.69, 9.17) is 5.73 Å². The van der Waals surface area contributed by atoms with Crippen molar-refractivity contribution in [2.24, 2.45) is 29.4 Å². The molecular formula is C17H21NO3. The predicted molar refractivity (Wildman–Crippen MR) is 78.1 cm³/mol. The van der Waals surface area contributed by atoms with Gasteiger partial charge in [0.15, 0.2) is 11.5 Å². The second kappa shape index (κ2) is 4.39. The van der Waals surface area contributed by atoms with Gasteiger partial charge in [0, 0.05) is 11.1 Å². The van der Waals surface area contributed by atoms with Crippen LogP contribution in [0.1, 0.15) is 53.9 Å². The molecule has 0 aromatic heterocycles. The van der Waals surface area contributed by atoms with Crippen molar-refractivity contribution in [2.45, 2.75) is 38.0 Å². The first-order valence-electron chi connectivity index (χ1n) is 7.89. The highest BCUT2D eigenvalue weighted by Crippen LogP contribution is 2.61. The van der Waals surface area contributed by atoms with E-state index in [1.165, 1.54) is 38.2 Å². The molecule has 0 aliphatic heterocycles. The van der Waals surface area contributed by atoms with E-state index in [9.17, 15) is 15.0 Å². The Morgan fingerprint density at radius 3 is 2.10 bits per heavy atom. The van der Waals surface area contributed by atoms with Gasteiger partial charge in [-0.2, -0.15) is 0 Å².